The highest BCUT2D eigenvalue weighted by Gasteiger charge is 2.29. The first-order chi connectivity index (χ1) is 7.97. The first-order valence-electron chi connectivity index (χ1n) is 4.75. The van der Waals surface area contributed by atoms with Crippen LogP contribution in [-0.2, 0) is 14.3 Å². The molecule has 1 atom stereocenters. The van der Waals surface area contributed by atoms with E-state index in [-0.39, 0.29) is 16.8 Å². The molecule has 0 spiro atoms. The summed E-state index contributed by atoms with van der Waals surface area (Å²) in [5, 5.41) is 0. The highest BCUT2D eigenvalue weighted by atomic mass is 79.9. The lowest BCUT2D eigenvalue weighted by atomic mass is 10.0. The van der Waals surface area contributed by atoms with E-state index < -0.39 is 23.7 Å². The van der Waals surface area contributed by atoms with Gasteiger partial charge in [-0.15, -0.1) is 0 Å². The second-order valence-corrected chi connectivity index (χ2v) is 3.95. The van der Waals surface area contributed by atoms with Crippen molar-refractivity contribution in [1.82, 2.24) is 4.98 Å². The van der Waals surface area contributed by atoms with Gasteiger partial charge in [-0.2, -0.15) is 4.39 Å². The highest BCUT2D eigenvalue weighted by molar-refractivity contribution is 9.10. The van der Waals surface area contributed by atoms with Crippen molar-refractivity contribution in [2.75, 3.05) is 6.61 Å². The van der Waals surface area contributed by atoms with E-state index in [1.165, 1.54) is 12.1 Å². The molecule has 1 unspecified atom stereocenters. The number of amides is 1. The second-order valence-electron chi connectivity index (χ2n) is 3.10. The highest BCUT2D eigenvalue weighted by Crippen LogP contribution is 2.19. The number of rotatable bonds is 4. The molecule has 1 aromatic rings. The summed E-state index contributed by atoms with van der Waals surface area (Å²) in [6.45, 7) is 1.69. The van der Waals surface area contributed by atoms with E-state index >= 15 is 0 Å². The fourth-order valence-corrected chi connectivity index (χ4v) is 1.42. The molecule has 0 saturated carbocycles. The number of aromatic nitrogens is 1. The van der Waals surface area contributed by atoms with Gasteiger partial charge in [-0.25, -0.2) is 4.98 Å². The molecule has 0 aliphatic heterocycles. The van der Waals surface area contributed by atoms with Crippen molar-refractivity contribution in [3.63, 3.8) is 0 Å². The summed E-state index contributed by atoms with van der Waals surface area (Å²) in [5.74, 6) is -3.98. The molecule has 1 aromatic heterocycles. The Morgan fingerprint density at radius 3 is 2.71 bits per heavy atom. The normalized spacial score (nSPS) is 11.9. The molecule has 0 fully saturated rings. The number of nitrogens with zero attached hydrogens (tertiary/aromatic N) is 1. The summed E-state index contributed by atoms with van der Waals surface area (Å²) in [6, 6.07) is 2.67. The minimum atomic E-state index is -1.39. The largest absolute Gasteiger partial charge is 0.465 e. The van der Waals surface area contributed by atoms with Gasteiger partial charge >= 0.3 is 5.97 Å². The maximum Gasteiger partial charge on any atom is 0.324 e. The lowest BCUT2D eigenvalue weighted by molar-refractivity contribution is -0.147. The number of ether oxygens (including phenoxy) is 1. The lowest BCUT2D eigenvalue weighted by Crippen LogP contribution is -2.30. The third-order valence-corrected chi connectivity index (χ3v) is 2.52. The fourth-order valence-electron chi connectivity index (χ4n) is 1.20. The Morgan fingerprint density at radius 2 is 2.24 bits per heavy atom. The van der Waals surface area contributed by atoms with Crippen LogP contribution in [-0.4, -0.2) is 23.5 Å². The Labute approximate surface area is 105 Å². The summed E-state index contributed by atoms with van der Waals surface area (Å²) in [4.78, 5) is 26.1. The number of hydrogen-bond donors (Lipinski definition) is 1. The van der Waals surface area contributed by atoms with Gasteiger partial charge in [0.2, 0.25) is 11.9 Å². The van der Waals surface area contributed by atoms with Gasteiger partial charge in [-0.05, 0) is 35.0 Å². The molecule has 1 heterocycles. The van der Waals surface area contributed by atoms with Gasteiger partial charge in [-0.3, -0.25) is 9.59 Å². The zero-order valence-electron chi connectivity index (χ0n) is 8.94. The van der Waals surface area contributed by atoms with E-state index in [4.69, 9.17) is 5.73 Å². The maximum absolute atomic E-state index is 13.2. The minimum Gasteiger partial charge on any atom is -0.465 e. The van der Waals surface area contributed by atoms with E-state index in [0.717, 1.165) is 0 Å². The molecule has 1 amide bonds. The summed E-state index contributed by atoms with van der Waals surface area (Å²) >= 11 is 2.91. The van der Waals surface area contributed by atoms with Crippen LogP contribution in [0.3, 0.4) is 0 Å². The first-order valence-corrected chi connectivity index (χ1v) is 5.54. The van der Waals surface area contributed by atoms with Crippen LogP contribution in [0, 0.1) is 5.95 Å². The van der Waals surface area contributed by atoms with Crippen LogP contribution in [0.25, 0.3) is 0 Å². The number of nitrogens with two attached hydrogens (primary N) is 1. The van der Waals surface area contributed by atoms with Crippen LogP contribution in [0.5, 0.6) is 0 Å². The van der Waals surface area contributed by atoms with Crippen molar-refractivity contribution < 1.29 is 18.7 Å². The van der Waals surface area contributed by atoms with Gasteiger partial charge in [-0.1, -0.05) is 0 Å². The maximum atomic E-state index is 13.2. The number of carbonyl (C=O) groups is 2. The van der Waals surface area contributed by atoms with Crippen molar-refractivity contribution in [3.05, 3.63) is 28.2 Å². The first kappa shape index (κ1) is 13.6. The van der Waals surface area contributed by atoms with Crippen molar-refractivity contribution in [2.24, 2.45) is 5.73 Å². The molecule has 0 bridgehead atoms. The van der Waals surface area contributed by atoms with Gasteiger partial charge in [0.05, 0.1) is 16.8 Å². The predicted molar refractivity (Wildman–Crippen MR) is 60.5 cm³/mol. The molecule has 17 heavy (non-hydrogen) atoms. The molecule has 7 heteroatoms. The zero-order chi connectivity index (χ0) is 13.0. The molecule has 92 valence electrons. The predicted octanol–water partition coefficient (Wildman–Crippen LogP) is 1.12. The summed E-state index contributed by atoms with van der Waals surface area (Å²) in [5.41, 5.74) is 5.00. The lowest BCUT2D eigenvalue weighted by Gasteiger charge is -2.11. The SMILES string of the molecule is CCOC(=O)C(C(N)=O)c1ccc(Br)c(F)n1. The van der Waals surface area contributed by atoms with Gasteiger partial charge in [0.15, 0.2) is 5.92 Å². The molecule has 0 aliphatic carbocycles. The van der Waals surface area contributed by atoms with E-state index in [9.17, 15) is 14.0 Å². The van der Waals surface area contributed by atoms with Crippen molar-refractivity contribution in [1.29, 1.82) is 0 Å². The Kier molecular flexibility index (Phi) is 4.56. The number of esters is 1. The third kappa shape index (κ3) is 3.23. The summed E-state index contributed by atoms with van der Waals surface area (Å²) < 4.78 is 18.0. The average Bonchev–Trinajstić information content (AvgIpc) is 2.23. The van der Waals surface area contributed by atoms with Crippen molar-refractivity contribution in [3.8, 4) is 0 Å². The number of halogens is 2. The smallest absolute Gasteiger partial charge is 0.324 e. The number of carbonyl (C=O) groups excluding carboxylic acids is 2. The minimum absolute atomic E-state index is 0.0725. The molecule has 5 nitrogen and oxygen atoms in total. The Morgan fingerprint density at radius 1 is 1.59 bits per heavy atom. The molecule has 0 radical (unpaired) electrons. The standard InChI is InChI=1S/C10H10BrFN2O3/c1-2-17-10(16)7(9(13)15)6-4-3-5(11)8(12)14-6/h3-4,7H,2H2,1H3,(H2,13,15). The van der Waals surface area contributed by atoms with Crippen LogP contribution in [0.4, 0.5) is 4.39 Å². The van der Waals surface area contributed by atoms with Gasteiger partial charge in [0.1, 0.15) is 0 Å². The number of primary amides is 1. The molecule has 0 aromatic carbocycles. The molecular formula is C10H10BrFN2O3. The van der Waals surface area contributed by atoms with Crippen molar-refractivity contribution in [2.45, 2.75) is 12.8 Å². The van der Waals surface area contributed by atoms with Crippen LogP contribution in [0.1, 0.15) is 18.5 Å². The Balaban J connectivity index is 3.10. The van der Waals surface area contributed by atoms with E-state index in [1.807, 2.05) is 0 Å². The van der Waals surface area contributed by atoms with Crippen LogP contribution in [0.15, 0.2) is 16.6 Å². The molecule has 0 aliphatic rings. The van der Waals surface area contributed by atoms with Gasteiger partial charge < -0.3 is 10.5 Å². The van der Waals surface area contributed by atoms with Crippen LogP contribution in [0.2, 0.25) is 0 Å². The fraction of sp³-hybridized carbons (Fsp3) is 0.300. The monoisotopic (exact) mass is 304 g/mol. The topological polar surface area (TPSA) is 82.3 Å². The van der Waals surface area contributed by atoms with Crippen LogP contribution < -0.4 is 5.73 Å². The molecule has 0 saturated heterocycles. The molecular weight excluding hydrogens is 295 g/mol. The molecule has 2 N–H and O–H groups in total. The van der Waals surface area contributed by atoms with E-state index in [1.54, 1.807) is 6.92 Å². The number of hydrogen-bond acceptors (Lipinski definition) is 4. The van der Waals surface area contributed by atoms with E-state index in [0.29, 0.717) is 0 Å². The average molecular weight is 305 g/mol. The quantitative estimate of drug-likeness (QED) is 0.513. The second kappa shape index (κ2) is 5.72. The summed E-state index contributed by atoms with van der Waals surface area (Å²) in [6.07, 6.45) is 0. The summed E-state index contributed by atoms with van der Waals surface area (Å²) in [7, 11) is 0. The molecule has 1 rings (SSSR count). The Hall–Kier alpha value is -1.50. The van der Waals surface area contributed by atoms with E-state index in [2.05, 4.69) is 25.7 Å². The Bertz CT molecular complexity index is 453. The number of pyridine rings is 1. The third-order valence-electron chi connectivity index (χ3n) is 1.93. The van der Waals surface area contributed by atoms with Gasteiger partial charge in [0.25, 0.3) is 0 Å². The zero-order valence-corrected chi connectivity index (χ0v) is 10.5. The van der Waals surface area contributed by atoms with Gasteiger partial charge in [0, 0.05) is 0 Å². The van der Waals surface area contributed by atoms with Crippen LogP contribution >= 0.6 is 15.9 Å². The van der Waals surface area contributed by atoms with Crippen molar-refractivity contribution >= 4 is 27.8 Å².